The molecular weight excluding hydrogens is 338 g/mol. The molecule has 0 aliphatic carbocycles. The van der Waals surface area contributed by atoms with E-state index in [1.807, 2.05) is 60.7 Å². The standard InChI is InChI=1S/C19H15NO4S/c20-25(21,22)19-16-11-15(13-7-3-1-4-8-13)17(18(19)24-12-23-16)14-9-5-2-6-10-14/h1-11H,12H2,(H2,20,21,22). The van der Waals surface area contributed by atoms with Crippen LogP contribution in [0.1, 0.15) is 0 Å². The fourth-order valence-electron chi connectivity index (χ4n) is 3.02. The average Bonchev–Trinajstić information content (AvgIpc) is 2.61. The molecule has 0 aromatic heterocycles. The van der Waals surface area contributed by atoms with E-state index in [0.717, 1.165) is 16.7 Å². The lowest BCUT2D eigenvalue weighted by molar-refractivity contribution is 0.0952. The predicted octanol–water partition coefficient (Wildman–Crippen LogP) is 3.40. The van der Waals surface area contributed by atoms with Gasteiger partial charge in [-0.05, 0) is 22.8 Å². The predicted molar refractivity (Wildman–Crippen MR) is 94.8 cm³/mol. The normalized spacial score (nSPS) is 13.0. The second-order valence-corrected chi connectivity index (χ2v) is 7.14. The largest absolute Gasteiger partial charge is 0.456 e. The summed E-state index contributed by atoms with van der Waals surface area (Å²) in [5, 5.41) is 5.42. The van der Waals surface area contributed by atoms with Gasteiger partial charge >= 0.3 is 0 Å². The van der Waals surface area contributed by atoms with Crippen molar-refractivity contribution < 1.29 is 17.9 Å². The van der Waals surface area contributed by atoms with E-state index in [1.165, 1.54) is 0 Å². The van der Waals surface area contributed by atoms with Gasteiger partial charge in [-0.15, -0.1) is 0 Å². The van der Waals surface area contributed by atoms with E-state index in [-0.39, 0.29) is 23.2 Å². The smallest absolute Gasteiger partial charge is 0.245 e. The number of fused-ring (bicyclic) bond motifs is 2. The molecule has 6 heteroatoms. The van der Waals surface area contributed by atoms with Gasteiger partial charge in [0, 0.05) is 5.56 Å². The lowest BCUT2D eigenvalue weighted by Gasteiger charge is -2.25. The third kappa shape index (κ3) is 2.75. The molecule has 1 aliphatic rings. The van der Waals surface area contributed by atoms with Crippen molar-refractivity contribution in [1.82, 2.24) is 0 Å². The Hall–Kier alpha value is -2.83. The maximum absolute atomic E-state index is 12.1. The molecule has 0 amide bonds. The number of hydrogen-bond donors (Lipinski definition) is 1. The fraction of sp³-hybridized carbons (Fsp3) is 0.0526. The molecule has 0 saturated heterocycles. The zero-order chi connectivity index (χ0) is 17.4. The van der Waals surface area contributed by atoms with Gasteiger partial charge in [-0.3, -0.25) is 0 Å². The van der Waals surface area contributed by atoms with Crippen molar-refractivity contribution in [3.63, 3.8) is 0 Å². The maximum Gasteiger partial charge on any atom is 0.245 e. The minimum Gasteiger partial charge on any atom is -0.456 e. The molecule has 0 fully saturated rings. The number of ether oxygens (including phenoxy) is 2. The Kier molecular flexibility index (Phi) is 3.71. The van der Waals surface area contributed by atoms with Crippen LogP contribution in [0.25, 0.3) is 22.3 Å². The van der Waals surface area contributed by atoms with Crippen LogP contribution in [0.15, 0.2) is 71.6 Å². The quantitative estimate of drug-likeness (QED) is 0.783. The summed E-state index contributed by atoms with van der Waals surface area (Å²) in [6, 6.07) is 20.9. The second-order valence-electron chi connectivity index (χ2n) is 5.64. The Morgan fingerprint density at radius 2 is 1.44 bits per heavy atom. The van der Waals surface area contributed by atoms with Gasteiger partial charge in [-0.25, -0.2) is 13.6 Å². The van der Waals surface area contributed by atoms with Crippen LogP contribution >= 0.6 is 0 Å². The molecule has 2 bridgehead atoms. The van der Waals surface area contributed by atoms with E-state index in [2.05, 4.69) is 0 Å². The summed E-state index contributed by atoms with van der Waals surface area (Å²) in [6.07, 6.45) is 0. The van der Waals surface area contributed by atoms with Gasteiger partial charge < -0.3 is 9.47 Å². The molecule has 3 aromatic rings. The van der Waals surface area contributed by atoms with Crippen LogP contribution in [0.2, 0.25) is 0 Å². The highest BCUT2D eigenvalue weighted by molar-refractivity contribution is 7.89. The van der Waals surface area contributed by atoms with Gasteiger partial charge in [0.15, 0.2) is 10.6 Å². The highest BCUT2D eigenvalue weighted by Gasteiger charge is 2.31. The Labute approximate surface area is 145 Å². The van der Waals surface area contributed by atoms with Crippen LogP contribution in [0.4, 0.5) is 0 Å². The molecule has 2 N–H and O–H groups in total. The zero-order valence-corrected chi connectivity index (χ0v) is 14.0. The van der Waals surface area contributed by atoms with E-state index < -0.39 is 10.0 Å². The highest BCUT2D eigenvalue weighted by Crippen LogP contribution is 2.48. The Morgan fingerprint density at radius 3 is 2.04 bits per heavy atom. The summed E-state index contributed by atoms with van der Waals surface area (Å²) in [7, 11) is -4.00. The zero-order valence-electron chi connectivity index (χ0n) is 13.2. The number of rotatable bonds is 3. The van der Waals surface area contributed by atoms with Crippen molar-refractivity contribution >= 4 is 10.0 Å². The fourth-order valence-corrected chi connectivity index (χ4v) is 3.84. The maximum atomic E-state index is 12.1. The molecule has 0 spiro atoms. The lowest BCUT2D eigenvalue weighted by Crippen LogP contribution is -2.22. The second kappa shape index (κ2) is 5.91. The van der Waals surface area contributed by atoms with Gasteiger partial charge in [0.2, 0.25) is 16.8 Å². The molecule has 25 heavy (non-hydrogen) atoms. The molecule has 1 heterocycles. The average molecular weight is 353 g/mol. The molecule has 0 saturated carbocycles. The highest BCUT2D eigenvalue weighted by atomic mass is 32.2. The monoisotopic (exact) mass is 353 g/mol. The van der Waals surface area contributed by atoms with Crippen LogP contribution in [0, 0.1) is 0 Å². The third-order valence-corrected chi connectivity index (χ3v) is 5.01. The van der Waals surface area contributed by atoms with Crippen LogP contribution in [-0.2, 0) is 10.0 Å². The van der Waals surface area contributed by atoms with Crippen LogP contribution < -0.4 is 14.6 Å². The molecule has 0 unspecified atom stereocenters. The number of benzene rings is 3. The Bertz CT molecular complexity index is 1030. The summed E-state index contributed by atoms with van der Waals surface area (Å²) < 4.78 is 35.3. The topological polar surface area (TPSA) is 78.6 Å². The summed E-state index contributed by atoms with van der Waals surface area (Å²) in [5.74, 6) is 0.443. The van der Waals surface area contributed by atoms with Gasteiger partial charge in [-0.1, -0.05) is 60.7 Å². The summed E-state index contributed by atoms with van der Waals surface area (Å²) in [6.45, 7) is -0.0570. The van der Waals surface area contributed by atoms with Gasteiger partial charge in [0.05, 0.1) is 0 Å². The molecule has 4 rings (SSSR count). The molecule has 126 valence electrons. The van der Waals surface area contributed by atoms with Gasteiger partial charge in [0.1, 0.15) is 5.75 Å². The van der Waals surface area contributed by atoms with Gasteiger partial charge in [0.25, 0.3) is 0 Å². The van der Waals surface area contributed by atoms with Crippen molar-refractivity contribution in [1.29, 1.82) is 0 Å². The first-order valence-corrected chi connectivity index (χ1v) is 9.20. The van der Waals surface area contributed by atoms with E-state index in [9.17, 15) is 8.42 Å². The summed E-state index contributed by atoms with van der Waals surface area (Å²) in [5.41, 5.74) is 3.28. The molecule has 5 nitrogen and oxygen atoms in total. The van der Waals surface area contributed by atoms with E-state index in [0.29, 0.717) is 5.56 Å². The van der Waals surface area contributed by atoms with Crippen molar-refractivity contribution in [2.75, 3.05) is 6.79 Å². The first-order valence-electron chi connectivity index (χ1n) is 7.66. The molecule has 1 aliphatic heterocycles. The summed E-state index contributed by atoms with van der Waals surface area (Å²) >= 11 is 0. The van der Waals surface area contributed by atoms with Crippen LogP contribution in [0.3, 0.4) is 0 Å². The van der Waals surface area contributed by atoms with Crippen molar-refractivity contribution in [3.8, 4) is 33.8 Å². The Morgan fingerprint density at radius 1 is 0.840 bits per heavy atom. The number of hydrogen-bond acceptors (Lipinski definition) is 4. The summed E-state index contributed by atoms with van der Waals surface area (Å²) in [4.78, 5) is -0.114. The Balaban J connectivity index is 2.12. The first kappa shape index (κ1) is 15.7. The van der Waals surface area contributed by atoms with E-state index in [1.54, 1.807) is 6.07 Å². The van der Waals surface area contributed by atoms with Crippen LogP contribution in [-0.4, -0.2) is 15.2 Å². The first-order chi connectivity index (χ1) is 12.1. The van der Waals surface area contributed by atoms with Crippen molar-refractivity contribution in [3.05, 3.63) is 66.7 Å². The lowest BCUT2D eigenvalue weighted by atomic mass is 9.93. The van der Waals surface area contributed by atoms with E-state index in [4.69, 9.17) is 14.6 Å². The number of nitrogens with two attached hydrogens (primary N) is 1. The van der Waals surface area contributed by atoms with Crippen LogP contribution in [0.5, 0.6) is 11.5 Å². The third-order valence-electron chi connectivity index (χ3n) is 4.05. The number of primary sulfonamides is 1. The van der Waals surface area contributed by atoms with Crippen molar-refractivity contribution in [2.45, 2.75) is 4.90 Å². The molecule has 0 radical (unpaired) electrons. The number of sulfonamides is 1. The minimum atomic E-state index is -4.00. The van der Waals surface area contributed by atoms with Crippen molar-refractivity contribution in [2.24, 2.45) is 5.14 Å². The SMILES string of the molecule is NS(=O)(=O)c1c2cc(-c3ccccc3)c(-c3ccccc3)c1OCO2. The van der Waals surface area contributed by atoms with Gasteiger partial charge in [-0.2, -0.15) is 0 Å². The van der Waals surface area contributed by atoms with E-state index >= 15 is 0 Å². The minimum absolute atomic E-state index is 0.0570. The molecule has 0 atom stereocenters. The molecular formula is C19H15NO4S. The molecule has 3 aromatic carbocycles.